The molecule has 2 aromatic heterocycles. The Hall–Kier alpha value is -2.94. The highest BCUT2D eigenvalue weighted by molar-refractivity contribution is 5.94. The van der Waals surface area contributed by atoms with E-state index in [1.165, 1.54) is 6.21 Å². The van der Waals surface area contributed by atoms with Gasteiger partial charge in [0.2, 0.25) is 0 Å². The number of likely N-dealkylation sites (tertiary alicyclic amines) is 1. The molecule has 2 amide bonds. The van der Waals surface area contributed by atoms with Crippen LogP contribution in [0.5, 0.6) is 0 Å². The lowest BCUT2D eigenvalue weighted by Gasteiger charge is -2.38. The molecule has 1 spiro atoms. The van der Waals surface area contributed by atoms with E-state index in [0.29, 0.717) is 35.1 Å². The molecular weight excluding hydrogens is 380 g/mol. The average Bonchev–Trinajstić information content (AvgIpc) is 3.31. The molecule has 3 heterocycles. The molecule has 9 heteroatoms. The second kappa shape index (κ2) is 8.06. The largest absolute Gasteiger partial charge is 0.384 e. The van der Waals surface area contributed by atoms with E-state index in [1.807, 2.05) is 11.0 Å². The van der Waals surface area contributed by atoms with Crippen molar-refractivity contribution in [3.05, 3.63) is 24.0 Å². The van der Waals surface area contributed by atoms with E-state index in [1.54, 1.807) is 12.4 Å². The average molecular weight is 411 g/mol. The molecule has 9 nitrogen and oxygen atoms in total. The number of hydrogen-bond donors (Lipinski definition) is 5. The van der Waals surface area contributed by atoms with Crippen molar-refractivity contribution in [1.82, 2.24) is 20.1 Å². The number of urea groups is 1. The molecule has 0 radical (unpaired) electrons. The monoisotopic (exact) mass is 410 g/mol. The fourth-order valence-corrected chi connectivity index (χ4v) is 4.11. The first-order chi connectivity index (χ1) is 14.4. The predicted octanol–water partition coefficient (Wildman–Crippen LogP) is 3.02. The van der Waals surface area contributed by atoms with Crippen LogP contribution in [0.25, 0.3) is 11.4 Å². The molecule has 1 aliphatic heterocycles. The zero-order valence-electron chi connectivity index (χ0n) is 17.5. The maximum Gasteiger partial charge on any atom is 0.322 e. The number of nitrogens with one attached hydrogen (secondary N) is 4. The van der Waals surface area contributed by atoms with E-state index in [9.17, 15) is 4.79 Å². The summed E-state index contributed by atoms with van der Waals surface area (Å²) in [5.74, 6) is 0.467. The van der Waals surface area contributed by atoms with Crippen molar-refractivity contribution in [2.24, 2.45) is 11.7 Å². The third kappa shape index (κ3) is 4.02. The Morgan fingerprint density at radius 3 is 2.93 bits per heavy atom. The number of pyridine rings is 1. The van der Waals surface area contributed by atoms with E-state index in [2.05, 4.69) is 39.7 Å². The number of hydrogen-bond acceptors (Lipinski definition) is 6. The second-order valence-corrected chi connectivity index (χ2v) is 8.79. The summed E-state index contributed by atoms with van der Waals surface area (Å²) >= 11 is 0. The number of carbonyl (C=O) groups excluding carboxylic acids is 1. The summed E-state index contributed by atoms with van der Waals surface area (Å²) < 4.78 is 0. The number of amides is 2. The molecule has 1 unspecified atom stereocenters. The molecule has 2 aliphatic rings. The van der Waals surface area contributed by atoms with Crippen LogP contribution in [0.1, 0.15) is 45.1 Å². The summed E-state index contributed by atoms with van der Waals surface area (Å²) in [5.41, 5.74) is 9.50. The zero-order chi connectivity index (χ0) is 21.3. The molecule has 1 saturated carbocycles. The van der Waals surface area contributed by atoms with E-state index in [0.717, 1.165) is 37.9 Å². The van der Waals surface area contributed by atoms with Crippen LogP contribution in [0.2, 0.25) is 0 Å². The number of nitrogens with zero attached hydrogens (tertiary/aromatic N) is 3. The first kappa shape index (κ1) is 20.3. The number of piperidine rings is 1. The molecule has 0 bridgehead atoms. The van der Waals surface area contributed by atoms with Gasteiger partial charge >= 0.3 is 6.03 Å². The van der Waals surface area contributed by atoms with Crippen molar-refractivity contribution in [2.45, 2.75) is 51.1 Å². The number of nitrogens with two attached hydrogens (primary N) is 1. The number of aromatic nitrogens is 3. The lowest BCUT2D eigenvalue weighted by atomic mass is 9.96. The second-order valence-electron chi connectivity index (χ2n) is 8.79. The summed E-state index contributed by atoms with van der Waals surface area (Å²) in [5, 5.41) is 21.1. The Balaban J connectivity index is 1.54. The zero-order valence-corrected chi connectivity index (χ0v) is 17.5. The van der Waals surface area contributed by atoms with Crippen LogP contribution in [-0.4, -0.2) is 57.0 Å². The van der Waals surface area contributed by atoms with Crippen molar-refractivity contribution >= 4 is 23.6 Å². The SMILES string of the molecule is CC(C)CNc1cc(-c2[nH]ncc2NC(=O)N2CCC(N)CC23CC3)ncc1C=N. The van der Waals surface area contributed by atoms with Crippen molar-refractivity contribution in [3.63, 3.8) is 0 Å². The van der Waals surface area contributed by atoms with Gasteiger partial charge in [0.25, 0.3) is 0 Å². The minimum Gasteiger partial charge on any atom is -0.384 e. The highest BCUT2D eigenvalue weighted by Gasteiger charge is 2.52. The number of carbonyl (C=O) groups is 1. The van der Waals surface area contributed by atoms with Crippen LogP contribution in [0.4, 0.5) is 16.2 Å². The summed E-state index contributed by atoms with van der Waals surface area (Å²) in [6.07, 6.45) is 8.28. The Kier molecular flexibility index (Phi) is 5.46. The molecule has 2 aromatic rings. The van der Waals surface area contributed by atoms with Crippen LogP contribution >= 0.6 is 0 Å². The summed E-state index contributed by atoms with van der Waals surface area (Å²) in [4.78, 5) is 19.4. The maximum absolute atomic E-state index is 13.0. The van der Waals surface area contributed by atoms with Gasteiger partial charge in [-0.25, -0.2) is 4.79 Å². The Morgan fingerprint density at radius 1 is 1.43 bits per heavy atom. The van der Waals surface area contributed by atoms with Crippen LogP contribution in [-0.2, 0) is 0 Å². The molecule has 0 aromatic carbocycles. The van der Waals surface area contributed by atoms with Crippen molar-refractivity contribution in [2.75, 3.05) is 23.7 Å². The molecule has 160 valence electrons. The number of anilines is 2. The third-order valence-electron chi connectivity index (χ3n) is 5.94. The summed E-state index contributed by atoms with van der Waals surface area (Å²) in [6, 6.07) is 1.94. The first-order valence-electron chi connectivity index (χ1n) is 10.5. The molecule has 4 rings (SSSR count). The Morgan fingerprint density at radius 2 is 2.23 bits per heavy atom. The summed E-state index contributed by atoms with van der Waals surface area (Å²) in [6.45, 7) is 5.72. The quantitative estimate of drug-likeness (QED) is 0.466. The van der Waals surface area contributed by atoms with Crippen LogP contribution < -0.4 is 16.4 Å². The molecule has 1 aliphatic carbocycles. The smallest absolute Gasteiger partial charge is 0.322 e. The minimum absolute atomic E-state index is 0.0660. The number of H-pyrrole nitrogens is 1. The molecule has 2 fully saturated rings. The minimum atomic E-state index is -0.115. The summed E-state index contributed by atoms with van der Waals surface area (Å²) in [7, 11) is 0. The van der Waals surface area contributed by atoms with E-state index < -0.39 is 0 Å². The molecular formula is C21H30N8O. The Bertz CT molecular complexity index is 933. The standard InChI is InChI=1S/C21H30N8O/c1-13(2)10-24-16-7-17(25-11-14(16)9-22)19-18(12-26-28-19)27-20(30)29-6-3-15(23)8-21(29)4-5-21/h7,9,11-13,15,22H,3-6,8,10,23H2,1-2H3,(H,24,25)(H,26,28)(H,27,30). The van der Waals surface area contributed by atoms with Gasteiger partial charge in [0.1, 0.15) is 5.69 Å². The van der Waals surface area contributed by atoms with Crippen molar-refractivity contribution in [3.8, 4) is 11.4 Å². The highest BCUT2D eigenvalue weighted by Crippen LogP contribution is 2.48. The van der Waals surface area contributed by atoms with Gasteiger partial charge in [0.15, 0.2) is 0 Å². The lowest BCUT2D eigenvalue weighted by Crippen LogP contribution is -2.52. The normalized spacial score (nSPS) is 19.7. The van der Waals surface area contributed by atoms with Crippen LogP contribution in [0.3, 0.4) is 0 Å². The highest BCUT2D eigenvalue weighted by atomic mass is 16.2. The Labute approximate surface area is 176 Å². The number of rotatable bonds is 6. The van der Waals surface area contributed by atoms with Gasteiger partial charge in [0.05, 0.1) is 17.6 Å². The first-order valence-corrected chi connectivity index (χ1v) is 10.5. The number of aromatic amines is 1. The van der Waals surface area contributed by atoms with Gasteiger partial charge in [-0.15, -0.1) is 0 Å². The van der Waals surface area contributed by atoms with Crippen LogP contribution in [0.15, 0.2) is 18.5 Å². The van der Waals surface area contributed by atoms with Crippen LogP contribution in [0, 0.1) is 11.3 Å². The molecule has 30 heavy (non-hydrogen) atoms. The van der Waals surface area contributed by atoms with Gasteiger partial charge < -0.3 is 26.7 Å². The maximum atomic E-state index is 13.0. The van der Waals surface area contributed by atoms with Crippen molar-refractivity contribution < 1.29 is 4.79 Å². The van der Waals surface area contributed by atoms with Gasteiger partial charge in [-0.2, -0.15) is 5.10 Å². The van der Waals surface area contributed by atoms with E-state index in [-0.39, 0.29) is 17.6 Å². The van der Waals surface area contributed by atoms with Gasteiger partial charge in [-0.05, 0) is 37.7 Å². The van der Waals surface area contributed by atoms with Crippen molar-refractivity contribution in [1.29, 1.82) is 5.41 Å². The predicted molar refractivity (Wildman–Crippen MR) is 118 cm³/mol. The van der Waals surface area contributed by atoms with E-state index in [4.69, 9.17) is 11.1 Å². The fourth-order valence-electron chi connectivity index (χ4n) is 4.11. The lowest BCUT2D eigenvalue weighted by molar-refractivity contribution is 0.142. The fraction of sp³-hybridized carbons (Fsp3) is 0.524. The van der Waals surface area contributed by atoms with Gasteiger partial charge in [0, 0.05) is 48.3 Å². The third-order valence-corrected chi connectivity index (χ3v) is 5.94. The van der Waals surface area contributed by atoms with Gasteiger partial charge in [-0.1, -0.05) is 13.8 Å². The molecule has 1 atom stereocenters. The molecule has 6 N–H and O–H groups in total. The van der Waals surface area contributed by atoms with E-state index >= 15 is 0 Å². The van der Waals surface area contributed by atoms with Gasteiger partial charge in [-0.3, -0.25) is 10.1 Å². The molecule has 1 saturated heterocycles. The topological polar surface area (TPSA) is 136 Å².